The van der Waals surface area contributed by atoms with Crippen LogP contribution in [0.1, 0.15) is 25.8 Å². The number of rotatable bonds is 2. The summed E-state index contributed by atoms with van der Waals surface area (Å²) < 4.78 is 38.8. The molecular formula is C13H17F3N4O3S. The fourth-order valence-electron chi connectivity index (χ4n) is 2.30. The molecular weight excluding hydrogens is 349 g/mol. The number of amides is 2. The van der Waals surface area contributed by atoms with Gasteiger partial charge in [-0.25, -0.2) is 4.79 Å². The van der Waals surface area contributed by atoms with E-state index >= 15 is 0 Å². The SMILES string of the molecule is CC(C)(C)c1nnc(NC(=O)N2C[C@@H](C(F)(F)F)[C@H](C(=O)O)C2)s1. The number of hydrogen-bond acceptors (Lipinski definition) is 5. The Kier molecular flexibility index (Phi) is 4.75. The van der Waals surface area contributed by atoms with E-state index in [0.29, 0.717) is 5.01 Å². The number of carbonyl (C=O) groups excluding carboxylic acids is 1. The molecule has 24 heavy (non-hydrogen) atoms. The highest BCUT2D eigenvalue weighted by molar-refractivity contribution is 7.15. The minimum absolute atomic E-state index is 0.159. The van der Waals surface area contributed by atoms with Crippen LogP contribution in [0.3, 0.4) is 0 Å². The molecule has 7 nitrogen and oxygen atoms in total. The molecule has 2 atom stereocenters. The molecule has 1 aromatic heterocycles. The van der Waals surface area contributed by atoms with Crippen molar-refractivity contribution in [3.05, 3.63) is 5.01 Å². The smallest absolute Gasteiger partial charge is 0.394 e. The summed E-state index contributed by atoms with van der Waals surface area (Å²) in [4.78, 5) is 24.0. The molecule has 1 saturated heterocycles. The summed E-state index contributed by atoms with van der Waals surface area (Å²) in [7, 11) is 0. The standard InChI is InChI=1S/C13H17F3N4O3S/c1-12(2,3)9-18-19-10(24-9)17-11(23)20-4-6(8(21)22)7(5-20)13(14,15)16/h6-7H,4-5H2,1-3H3,(H,21,22)(H,17,19,23)/t6-,7-/m1/s1. The van der Waals surface area contributed by atoms with Gasteiger partial charge in [0, 0.05) is 18.5 Å². The first-order chi connectivity index (χ1) is 10.9. The summed E-state index contributed by atoms with van der Waals surface area (Å²) in [5, 5.41) is 19.9. The summed E-state index contributed by atoms with van der Waals surface area (Å²) in [5.74, 6) is -5.32. The van der Waals surface area contributed by atoms with Crippen molar-refractivity contribution in [1.82, 2.24) is 15.1 Å². The molecule has 0 saturated carbocycles. The van der Waals surface area contributed by atoms with Gasteiger partial charge in [-0.05, 0) is 0 Å². The van der Waals surface area contributed by atoms with E-state index in [4.69, 9.17) is 5.11 Å². The van der Waals surface area contributed by atoms with Crippen molar-refractivity contribution in [1.29, 1.82) is 0 Å². The number of anilines is 1. The molecule has 1 fully saturated rings. The topological polar surface area (TPSA) is 95.4 Å². The predicted molar refractivity (Wildman–Crippen MR) is 79.9 cm³/mol. The van der Waals surface area contributed by atoms with E-state index in [1.54, 1.807) is 0 Å². The van der Waals surface area contributed by atoms with Gasteiger partial charge < -0.3 is 10.0 Å². The lowest BCUT2D eigenvalue weighted by atomic mass is 9.96. The monoisotopic (exact) mass is 366 g/mol. The highest BCUT2D eigenvalue weighted by Gasteiger charge is 2.53. The summed E-state index contributed by atoms with van der Waals surface area (Å²) in [5.41, 5.74) is -0.274. The van der Waals surface area contributed by atoms with Crippen LogP contribution in [0.2, 0.25) is 0 Å². The lowest BCUT2D eigenvalue weighted by molar-refractivity contribution is -0.187. The molecule has 11 heteroatoms. The van der Waals surface area contributed by atoms with Gasteiger partial charge in [-0.15, -0.1) is 10.2 Å². The van der Waals surface area contributed by atoms with Gasteiger partial charge in [0.25, 0.3) is 0 Å². The van der Waals surface area contributed by atoms with Gasteiger partial charge in [-0.3, -0.25) is 10.1 Å². The molecule has 1 aliphatic heterocycles. The number of carboxylic acids is 1. The quantitative estimate of drug-likeness (QED) is 0.839. The van der Waals surface area contributed by atoms with Crippen LogP contribution in [0.25, 0.3) is 0 Å². The van der Waals surface area contributed by atoms with Crippen LogP contribution in [0.4, 0.5) is 23.1 Å². The Balaban J connectivity index is 2.08. The van der Waals surface area contributed by atoms with Crippen molar-refractivity contribution in [3.63, 3.8) is 0 Å². The molecule has 1 aromatic rings. The number of urea groups is 1. The maximum Gasteiger partial charge on any atom is 0.394 e. The number of nitrogens with zero attached hydrogens (tertiary/aromatic N) is 3. The van der Waals surface area contributed by atoms with E-state index in [1.807, 2.05) is 20.8 Å². The van der Waals surface area contributed by atoms with E-state index in [1.165, 1.54) is 0 Å². The fourth-order valence-corrected chi connectivity index (χ4v) is 3.09. The molecule has 0 spiro atoms. The van der Waals surface area contributed by atoms with E-state index < -0.39 is 43.1 Å². The van der Waals surface area contributed by atoms with Crippen molar-refractivity contribution >= 4 is 28.5 Å². The Bertz CT molecular complexity index is 641. The second-order valence-corrected chi connectivity index (χ2v) is 7.57. The molecule has 0 aromatic carbocycles. The van der Waals surface area contributed by atoms with Crippen LogP contribution in [0.15, 0.2) is 0 Å². The normalized spacial score (nSPS) is 21.8. The Morgan fingerprint density at radius 1 is 1.25 bits per heavy atom. The number of carboxylic acid groups (broad SMARTS) is 1. The molecule has 1 aliphatic rings. The summed E-state index contributed by atoms with van der Waals surface area (Å²) in [6.07, 6.45) is -4.68. The Hall–Kier alpha value is -1.91. The highest BCUT2D eigenvalue weighted by Crippen LogP contribution is 2.38. The van der Waals surface area contributed by atoms with Crippen molar-refractivity contribution in [2.24, 2.45) is 11.8 Å². The average molecular weight is 366 g/mol. The van der Waals surface area contributed by atoms with E-state index in [2.05, 4.69) is 15.5 Å². The van der Waals surface area contributed by atoms with Crippen LogP contribution in [-0.4, -0.2) is 51.5 Å². The van der Waals surface area contributed by atoms with Crippen molar-refractivity contribution in [2.75, 3.05) is 18.4 Å². The predicted octanol–water partition coefficient (Wildman–Crippen LogP) is 2.56. The second-order valence-electron chi connectivity index (χ2n) is 6.59. The average Bonchev–Trinajstić information content (AvgIpc) is 3.02. The molecule has 2 rings (SSSR count). The van der Waals surface area contributed by atoms with Crippen LogP contribution in [-0.2, 0) is 10.2 Å². The van der Waals surface area contributed by atoms with Gasteiger partial charge in [0.1, 0.15) is 5.01 Å². The van der Waals surface area contributed by atoms with E-state index in [-0.39, 0.29) is 10.5 Å². The minimum Gasteiger partial charge on any atom is -0.481 e. The van der Waals surface area contributed by atoms with Gasteiger partial charge in [-0.2, -0.15) is 13.2 Å². The number of carbonyl (C=O) groups is 2. The molecule has 2 N–H and O–H groups in total. The lowest BCUT2D eigenvalue weighted by Gasteiger charge is -2.18. The first-order valence-corrected chi connectivity index (χ1v) is 7.90. The molecule has 0 unspecified atom stereocenters. The summed E-state index contributed by atoms with van der Waals surface area (Å²) >= 11 is 1.12. The lowest BCUT2D eigenvalue weighted by Crippen LogP contribution is -2.35. The Labute approximate surface area is 139 Å². The van der Waals surface area contributed by atoms with Crippen molar-refractivity contribution in [3.8, 4) is 0 Å². The fraction of sp³-hybridized carbons (Fsp3) is 0.692. The first kappa shape index (κ1) is 18.4. The van der Waals surface area contributed by atoms with E-state index in [9.17, 15) is 22.8 Å². The van der Waals surface area contributed by atoms with Crippen LogP contribution >= 0.6 is 11.3 Å². The molecule has 134 valence electrons. The largest absolute Gasteiger partial charge is 0.481 e. The number of nitrogens with one attached hydrogen (secondary N) is 1. The third kappa shape index (κ3) is 3.94. The first-order valence-electron chi connectivity index (χ1n) is 7.09. The van der Waals surface area contributed by atoms with Gasteiger partial charge in [-0.1, -0.05) is 32.1 Å². The Morgan fingerprint density at radius 2 is 1.88 bits per heavy atom. The van der Waals surface area contributed by atoms with E-state index in [0.717, 1.165) is 16.2 Å². The maximum atomic E-state index is 12.9. The third-order valence-corrected chi connectivity index (χ3v) is 4.89. The van der Waals surface area contributed by atoms with Crippen LogP contribution in [0.5, 0.6) is 0 Å². The summed E-state index contributed by atoms with van der Waals surface area (Å²) in [6, 6.07) is -0.815. The maximum absolute atomic E-state index is 12.9. The van der Waals surface area contributed by atoms with Gasteiger partial charge in [0.2, 0.25) is 5.13 Å². The number of alkyl halides is 3. The zero-order valence-corrected chi connectivity index (χ0v) is 14.0. The number of aromatic nitrogens is 2. The number of likely N-dealkylation sites (tertiary alicyclic amines) is 1. The van der Waals surface area contributed by atoms with Gasteiger partial charge >= 0.3 is 18.2 Å². The zero-order valence-electron chi connectivity index (χ0n) is 13.2. The molecule has 0 radical (unpaired) electrons. The zero-order chi connectivity index (χ0) is 18.3. The molecule has 2 amide bonds. The molecule has 0 aliphatic carbocycles. The molecule has 0 bridgehead atoms. The third-order valence-electron chi connectivity index (χ3n) is 3.63. The van der Waals surface area contributed by atoms with Crippen molar-refractivity contribution in [2.45, 2.75) is 32.4 Å². The van der Waals surface area contributed by atoms with Gasteiger partial charge in [0.05, 0.1) is 11.8 Å². The highest BCUT2D eigenvalue weighted by atomic mass is 32.1. The molecule has 2 heterocycles. The number of hydrogen-bond donors (Lipinski definition) is 2. The number of halogens is 3. The van der Waals surface area contributed by atoms with Gasteiger partial charge in [0.15, 0.2) is 0 Å². The van der Waals surface area contributed by atoms with Crippen molar-refractivity contribution < 1.29 is 27.9 Å². The Morgan fingerprint density at radius 3 is 2.29 bits per heavy atom. The summed E-state index contributed by atoms with van der Waals surface area (Å²) in [6.45, 7) is 4.52. The minimum atomic E-state index is -4.68. The van der Waals surface area contributed by atoms with Crippen LogP contribution in [0, 0.1) is 11.8 Å². The second kappa shape index (κ2) is 6.19. The number of aliphatic carboxylic acids is 1. The van der Waals surface area contributed by atoms with Crippen LogP contribution < -0.4 is 5.32 Å².